The van der Waals surface area contributed by atoms with Crippen molar-refractivity contribution < 1.29 is 5.21 Å². The maximum atomic E-state index is 9.04. The standard InChI is InChI=1S/C15H21N5O/c1-3-13-17-14(4-2)20(18-13)10-12(15(16)19-21)11-8-6-5-7-9-11/h5-9,12,21H,3-4,10H2,1-2H3,(H2,16,19). The predicted octanol–water partition coefficient (Wildman–Crippen LogP) is 1.93. The Morgan fingerprint density at radius 2 is 2.00 bits per heavy atom. The minimum atomic E-state index is -0.229. The molecule has 0 fully saturated rings. The Kier molecular flexibility index (Phi) is 4.92. The molecule has 1 aromatic heterocycles. The van der Waals surface area contributed by atoms with Crippen LogP contribution in [0.1, 0.15) is 37.0 Å². The number of nitrogens with zero attached hydrogens (tertiary/aromatic N) is 4. The summed E-state index contributed by atoms with van der Waals surface area (Å²) in [5.74, 6) is 1.68. The Morgan fingerprint density at radius 1 is 1.29 bits per heavy atom. The molecule has 6 nitrogen and oxygen atoms in total. The van der Waals surface area contributed by atoms with Crippen LogP contribution in [-0.4, -0.2) is 25.8 Å². The molecule has 1 unspecified atom stereocenters. The van der Waals surface area contributed by atoms with Gasteiger partial charge < -0.3 is 10.9 Å². The van der Waals surface area contributed by atoms with E-state index in [1.165, 1.54) is 0 Å². The predicted molar refractivity (Wildman–Crippen MR) is 81.4 cm³/mol. The molecule has 0 amide bonds. The van der Waals surface area contributed by atoms with Crippen LogP contribution >= 0.6 is 0 Å². The van der Waals surface area contributed by atoms with Crippen molar-refractivity contribution in [3.8, 4) is 0 Å². The van der Waals surface area contributed by atoms with Gasteiger partial charge in [0.05, 0.1) is 12.5 Å². The number of hydrogen-bond acceptors (Lipinski definition) is 4. The van der Waals surface area contributed by atoms with E-state index in [0.29, 0.717) is 6.54 Å². The summed E-state index contributed by atoms with van der Waals surface area (Å²) in [6, 6.07) is 9.74. The van der Waals surface area contributed by atoms with Gasteiger partial charge in [-0.2, -0.15) is 5.10 Å². The molecule has 0 saturated carbocycles. The first-order chi connectivity index (χ1) is 10.2. The van der Waals surface area contributed by atoms with E-state index >= 15 is 0 Å². The van der Waals surface area contributed by atoms with Crippen molar-refractivity contribution in [3.05, 3.63) is 47.5 Å². The third-order valence-corrected chi connectivity index (χ3v) is 3.45. The fourth-order valence-corrected chi connectivity index (χ4v) is 2.28. The minimum Gasteiger partial charge on any atom is -0.409 e. The number of aromatic nitrogens is 3. The average Bonchev–Trinajstić information content (AvgIpc) is 2.95. The van der Waals surface area contributed by atoms with Gasteiger partial charge in [-0.05, 0) is 5.56 Å². The first-order valence-corrected chi connectivity index (χ1v) is 7.14. The molecule has 2 rings (SSSR count). The number of aryl methyl sites for hydroxylation is 2. The molecular formula is C15H21N5O. The Labute approximate surface area is 124 Å². The number of nitrogens with two attached hydrogens (primary N) is 1. The third-order valence-electron chi connectivity index (χ3n) is 3.45. The third kappa shape index (κ3) is 3.39. The van der Waals surface area contributed by atoms with E-state index in [4.69, 9.17) is 10.9 Å². The Hall–Kier alpha value is -2.37. The molecule has 6 heteroatoms. The fraction of sp³-hybridized carbons (Fsp3) is 0.400. The molecular weight excluding hydrogens is 266 g/mol. The minimum absolute atomic E-state index is 0.178. The number of amidine groups is 1. The summed E-state index contributed by atoms with van der Waals surface area (Å²) in [5.41, 5.74) is 6.86. The molecule has 1 atom stereocenters. The summed E-state index contributed by atoms with van der Waals surface area (Å²) in [5, 5.41) is 16.7. The number of benzene rings is 1. The lowest BCUT2D eigenvalue weighted by atomic mass is 9.98. The fourth-order valence-electron chi connectivity index (χ4n) is 2.28. The zero-order chi connectivity index (χ0) is 15.2. The lowest BCUT2D eigenvalue weighted by molar-refractivity contribution is 0.314. The summed E-state index contributed by atoms with van der Waals surface area (Å²) in [6.07, 6.45) is 1.59. The molecule has 21 heavy (non-hydrogen) atoms. The van der Waals surface area contributed by atoms with Gasteiger partial charge in [-0.1, -0.05) is 49.3 Å². The zero-order valence-corrected chi connectivity index (χ0v) is 12.4. The number of rotatable bonds is 6. The van der Waals surface area contributed by atoms with Crippen molar-refractivity contribution in [2.75, 3.05) is 0 Å². The van der Waals surface area contributed by atoms with E-state index in [9.17, 15) is 0 Å². The molecule has 0 saturated heterocycles. The topological polar surface area (TPSA) is 89.3 Å². The largest absolute Gasteiger partial charge is 0.409 e. The van der Waals surface area contributed by atoms with Crippen LogP contribution < -0.4 is 5.73 Å². The molecule has 2 aromatic rings. The van der Waals surface area contributed by atoms with E-state index in [2.05, 4.69) is 15.2 Å². The maximum Gasteiger partial charge on any atom is 0.150 e. The Bertz CT molecular complexity index is 606. The Balaban J connectivity index is 2.34. The lowest BCUT2D eigenvalue weighted by Gasteiger charge is -2.16. The second-order valence-electron chi connectivity index (χ2n) is 4.82. The normalized spacial score (nSPS) is 13.3. The number of oxime groups is 1. The van der Waals surface area contributed by atoms with Crippen LogP contribution in [0.4, 0.5) is 0 Å². The van der Waals surface area contributed by atoms with Gasteiger partial charge in [-0.3, -0.25) is 0 Å². The van der Waals surface area contributed by atoms with Crippen molar-refractivity contribution in [2.45, 2.75) is 39.2 Å². The van der Waals surface area contributed by atoms with Crippen molar-refractivity contribution in [2.24, 2.45) is 10.9 Å². The molecule has 1 aromatic carbocycles. The summed E-state index contributed by atoms with van der Waals surface area (Å²) in [7, 11) is 0. The van der Waals surface area contributed by atoms with Crippen molar-refractivity contribution in [1.82, 2.24) is 14.8 Å². The van der Waals surface area contributed by atoms with Gasteiger partial charge in [0.25, 0.3) is 0 Å². The highest BCUT2D eigenvalue weighted by Crippen LogP contribution is 2.19. The molecule has 0 aliphatic rings. The summed E-state index contributed by atoms with van der Waals surface area (Å²) < 4.78 is 1.86. The zero-order valence-electron chi connectivity index (χ0n) is 12.4. The molecule has 0 radical (unpaired) electrons. The molecule has 3 N–H and O–H groups in total. The Morgan fingerprint density at radius 3 is 2.57 bits per heavy atom. The average molecular weight is 287 g/mol. The highest BCUT2D eigenvalue weighted by molar-refractivity contribution is 5.86. The van der Waals surface area contributed by atoms with E-state index in [1.54, 1.807) is 0 Å². The van der Waals surface area contributed by atoms with Crippen molar-refractivity contribution in [3.63, 3.8) is 0 Å². The van der Waals surface area contributed by atoms with Gasteiger partial charge in [-0.25, -0.2) is 9.67 Å². The molecule has 0 spiro atoms. The van der Waals surface area contributed by atoms with E-state index < -0.39 is 0 Å². The number of hydrogen-bond donors (Lipinski definition) is 2. The van der Waals surface area contributed by atoms with Crippen LogP contribution in [0.15, 0.2) is 35.5 Å². The van der Waals surface area contributed by atoms with Crippen LogP contribution in [-0.2, 0) is 19.4 Å². The molecule has 1 heterocycles. The van der Waals surface area contributed by atoms with Crippen LogP contribution in [0.5, 0.6) is 0 Å². The summed E-state index contributed by atoms with van der Waals surface area (Å²) in [4.78, 5) is 4.49. The summed E-state index contributed by atoms with van der Waals surface area (Å²) in [6.45, 7) is 4.58. The van der Waals surface area contributed by atoms with Crippen LogP contribution in [0.25, 0.3) is 0 Å². The van der Waals surface area contributed by atoms with Crippen molar-refractivity contribution in [1.29, 1.82) is 0 Å². The maximum absolute atomic E-state index is 9.04. The van der Waals surface area contributed by atoms with Gasteiger partial charge in [0.1, 0.15) is 11.7 Å². The second kappa shape index (κ2) is 6.88. The molecule has 0 aliphatic carbocycles. The first kappa shape index (κ1) is 15.0. The van der Waals surface area contributed by atoms with Crippen molar-refractivity contribution >= 4 is 5.84 Å². The highest BCUT2D eigenvalue weighted by atomic mass is 16.4. The van der Waals surface area contributed by atoms with Gasteiger partial charge in [0.2, 0.25) is 0 Å². The van der Waals surface area contributed by atoms with E-state index in [0.717, 1.165) is 30.1 Å². The summed E-state index contributed by atoms with van der Waals surface area (Å²) >= 11 is 0. The van der Waals surface area contributed by atoms with Gasteiger partial charge in [0, 0.05) is 12.8 Å². The van der Waals surface area contributed by atoms with Gasteiger partial charge in [-0.15, -0.1) is 0 Å². The first-order valence-electron chi connectivity index (χ1n) is 7.14. The lowest BCUT2D eigenvalue weighted by Crippen LogP contribution is -2.27. The van der Waals surface area contributed by atoms with E-state index in [1.807, 2.05) is 48.9 Å². The van der Waals surface area contributed by atoms with E-state index in [-0.39, 0.29) is 11.8 Å². The monoisotopic (exact) mass is 287 g/mol. The molecule has 0 bridgehead atoms. The second-order valence-corrected chi connectivity index (χ2v) is 4.82. The van der Waals surface area contributed by atoms with Gasteiger partial charge in [0.15, 0.2) is 5.82 Å². The quantitative estimate of drug-likeness (QED) is 0.368. The van der Waals surface area contributed by atoms with Crippen LogP contribution in [0, 0.1) is 0 Å². The molecule has 112 valence electrons. The smallest absolute Gasteiger partial charge is 0.150 e. The van der Waals surface area contributed by atoms with Gasteiger partial charge >= 0.3 is 0 Å². The highest BCUT2D eigenvalue weighted by Gasteiger charge is 2.20. The SMILES string of the molecule is CCc1nc(CC)n(CC(C(N)=NO)c2ccccc2)n1. The van der Waals surface area contributed by atoms with Crippen LogP contribution in [0.3, 0.4) is 0 Å². The molecule has 0 aliphatic heterocycles. The van der Waals surface area contributed by atoms with Crippen LogP contribution in [0.2, 0.25) is 0 Å².